The first-order valence-electron chi connectivity index (χ1n) is 7.82. The van der Waals surface area contributed by atoms with Gasteiger partial charge in [-0.05, 0) is 42.9 Å². The molecular formula is C17H21ClFN3O. The van der Waals surface area contributed by atoms with E-state index in [0.717, 1.165) is 18.4 Å². The Bertz CT molecular complexity index is 648. The SMILES string of the molecule is C[C@]1(CCl)CC[C@H](Cc2ccc(F)cc2)[C@]1(O)Cn1cncn1. The normalized spacial score (nSPS) is 30.7. The highest BCUT2D eigenvalue weighted by Crippen LogP contribution is 2.52. The Morgan fingerprint density at radius 3 is 2.74 bits per heavy atom. The topological polar surface area (TPSA) is 50.9 Å². The Balaban J connectivity index is 1.87. The number of hydrogen-bond acceptors (Lipinski definition) is 3. The first kappa shape index (κ1) is 16.4. The van der Waals surface area contributed by atoms with Gasteiger partial charge in [-0.3, -0.25) is 4.68 Å². The highest BCUT2D eigenvalue weighted by atomic mass is 35.5. The molecule has 0 amide bonds. The number of hydrogen-bond donors (Lipinski definition) is 1. The fourth-order valence-electron chi connectivity index (χ4n) is 3.68. The predicted molar refractivity (Wildman–Crippen MR) is 86.6 cm³/mol. The minimum atomic E-state index is -0.975. The lowest BCUT2D eigenvalue weighted by Crippen LogP contribution is -2.51. The summed E-state index contributed by atoms with van der Waals surface area (Å²) in [7, 11) is 0. The highest BCUT2D eigenvalue weighted by Gasteiger charge is 2.56. The second-order valence-corrected chi connectivity index (χ2v) is 7.05. The largest absolute Gasteiger partial charge is 0.387 e. The summed E-state index contributed by atoms with van der Waals surface area (Å²) < 4.78 is 14.8. The van der Waals surface area contributed by atoms with E-state index in [1.165, 1.54) is 18.5 Å². The van der Waals surface area contributed by atoms with Crippen molar-refractivity contribution in [2.24, 2.45) is 11.3 Å². The molecule has 3 atom stereocenters. The monoisotopic (exact) mass is 337 g/mol. The summed E-state index contributed by atoms with van der Waals surface area (Å²) in [5, 5.41) is 15.6. The maximum atomic E-state index is 13.1. The van der Waals surface area contributed by atoms with Crippen molar-refractivity contribution in [2.45, 2.75) is 38.3 Å². The van der Waals surface area contributed by atoms with Crippen molar-refractivity contribution in [1.82, 2.24) is 14.8 Å². The van der Waals surface area contributed by atoms with E-state index in [9.17, 15) is 9.50 Å². The maximum Gasteiger partial charge on any atom is 0.137 e. The maximum absolute atomic E-state index is 13.1. The molecule has 23 heavy (non-hydrogen) atoms. The zero-order chi connectivity index (χ0) is 16.5. The van der Waals surface area contributed by atoms with E-state index in [1.807, 2.05) is 6.92 Å². The van der Waals surface area contributed by atoms with Crippen molar-refractivity contribution in [1.29, 1.82) is 0 Å². The third kappa shape index (κ3) is 3.00. The lowest BCUT2D eigenvalue weighted by atomic mass is 9.72. The van der Waals surface area contributed by atoms with Crippen LogP contribution in [0.5, 0.6) is 0 Å². The van der Waals surface area contributed by atoms with Crippen LogP contribution in [-0.2, 0) is 13.0 Å². The molecule has 0 bridgehead atoms. The molecule has 2 aromatic rings. The van der Waals surface area contributed by atoms with E-state index in [-0.39, 0.29) is 17.2 Å². The minimum absolute atomic E-state index is 0.0425. The van der Waals surface area contributed by atoms with Crippen molar-refractivity contribution in [3.05, 3.63) is 48.3 Å². The van der Waals surface area contributed by atoms with Gasteiger partial charge >= 0.3 is 0 Å². The fourth-order valence-corrected chi connectivity index (χ4v) is 4.05. The van der Waals surface area contributed by atoms with E-state index >= 15 is 0 Å². The van der Waals surface area contributed by atoms with E-state index in [0.29, 0.717) is 18.8 Å². The molecular weight excluding hydrogens is 317 g/mol. The number of aromatic nitrogens is 3. The first-order valence-corrected chi connectivity index (χ1v) is 8.35. The number of nitrogens with zero attached hydrogens (tertiary/aromatic N) is 3. The molecule has 1 aliphatic rings. The summed E-state index contributed by atoms with van der Waals surface area (Å²) in [5.74, 6) is 0.183. The van der Waals surface area contributed by atoms with E-state index in [2.05, 4.69) is 10.1 Å². The highest BCUT2D eigenvalue weighted by molar-refractivity contribution is 6.18. The number of aliphatic hydroxyl groups is 1. The van der Waals surface area contributed by atoms with Gasteiger partial charge in [-0.2, -0.15) is 5.10 Å². The Kier molecular flexibility index (Phi) is 4.43. The quantitative estimate of drug-likeness (QED) is 0.853. The van der Waals surface area contributed by atoms with Crippen molar-refractivity contribution < 1.29 is 9.50 Å². The van der Waals surface area contributed by atoms with Crippen LogP contribution in [-0.4, -0.2) is 31.4 Å². The van der Waals surface area contributed by atoms with Crippen molar-refractivity contribution >= 4 is 11.6 Å². The van der Waals surface area contributed by atoms with Gasteiger partial charge in [0.1, 0.15) is 18.5 Å². The van der Waals surface area contributed by atoms with E-state index in [1.54, 1.807) is 23.1 Å². The molecule has 1 aromatic heterocycles. The van der Waals surface area contributed by atoms with Crippen LogP contribution in [0.15, 0.2) is 36.9 Å². The molecule has 4 nitrogen and oxygen atoms in total. The van der Waals surface area contributed by atoms with Crippen molar-refractivity contribution in [3.63, 3.8) is 0 Å². The molecule has 0 aliphatic heterocycles. The third-order valence-corrected chi connectivity index (χ3v) is 5.91. The van der Waals surface area contributed by atoms with Crippen LogP contribution in [0.1, 0.15) is 25.3 Å². The number of alkyl halides is 1. The molecule has 1 aliphatic carbocycles. The predicted octanol–water partition coefficient (Wildman–Crippen LogP) is 3.05. The van der Waals surface area contributed by atoms with Crippen LogP contribution < -0.4 is 0 Å². The molecule has 1 fully saturated rings. The number of halogens is 2. The van der Waals surface area contributed by atoms with Gasteiger partial charge in [0.2, 0.25) is 0 Å². The second kappa shape index (κ2) is 6.21. The van der Waals surface area contributed by atoms with E-state index in [4.69, 9.17) is 11.6 Å². The minimum Gasteiger partial charge on any atom is -0.387 e. The van der Waals surface area contributed by atoms with Gasteiger partial charge in [-0.25, -0.2) is 9.37 Å². The van der Waals surface area contributed by atoms with Gasteiger partial charge in [0, 0.05) is 11.3 Å². The molecule has 3 rings (SSSR count). The lowest BCUT2D eigenvalue weighted by molar-refractivity contribution is -0.0891. The molecule has 1 heterocycles. The van der Waals surface area contributed by atoms with Crippen LogP contribution in [0.4, 0.5) is 4.39 Å². The van der Waals surface area contributed by atoms with E-state index < -0.39 is 5.60 Å². The fraction of sp³-hybridized carbons (Fsp3) is 0.529. The Morgan fingerprint density at radius 1 is 1.39 bits per heavy atom. The molecule has 1 N–H and O–H groups in total. The van der Waals surface area contributed by atoms with Gasteiger partial charge in [0.05, 0.1) is 12.1 Å². The van der Waals surface area contributed by atoms with Crippen LogP contribution in [0, 0.1) is 17.2 Å². The van der Waals surface area contributed by atoms with Gasteiger partial charge in [0.25, 0.3) is 0 Å². The molecule has 6 heteroatoms. The zero-order valence-electron chi connectivity index (χ0n) is 13.1. The Hall–Kier alpha value is -1.46. The van der Waals surface area contributed by atoms with Gasteiger partial charge < -0.3 is 5.11 Å². The Morgan fingerprint density at radius 2 is 2.13 bits per heavy atom. The average molecular weight is 338 g/mol. The molecule has 0 radical (unpaired) electrons. The van der Waals surface area contributed by atoms with Gasteiger partial charge in [-0.15, -0.1) is 11.6 Å². The molecule has 0 unspecified atom stereocenters. The number of rotatable bonds is 5. The first-order chi connectivity index (χ1) is 11.0. The Labute approximate surface area is 140 Å². The van der Waals surface area contributed by atoms with Gasteiger partial charge in [-0.1, -0.05) is 19.1 Å². The lowest BCUT2D eigenvalue weighted by Gasteiger charge is -2.42. The summed E-state index contributed by atoms with van der Waals surface area (Å²) in [5.41, 5.74) is -0.338. The van der Waals surface area contributed by atoms with Crippen LogP contribution in [0.25, 0.3) is 0 Å². The van der Waals surface area contributed by atoms with Crippen LogP contribution in [0.3, 0.4) is 0 Å². The second-order valence-electron chi connectivity index (χ2n) is 6.78. The molecule has 0 saturated heterocycles. The smallest absolute Gasteiger partial charge is 0.137 e. The van der Waals surface area contributed by atoms with Gasteiger partial charge in [0.15, 0.2) is 0 Å². The van der Waals surface area contributed by atoms with Crippen LogP contribution >= 0.6 is 11.6 Å². The summed E-state index contributed by atoms with van der Waals surface area (Å²) >= 11 is 6.21. The van der Waals surface area contributed by atoms with Crippen molar-refractivity contribution in [3.8, 4) is 0 Å². The molecule has 1 saturated carbocycles. The summed E-state index contributed by atoms with van der Waals surface area (Å²) in [6, 6.07) is 6.48. The molecule has 124 valence electrons. The zero-order valence-corrected chi connectivity index (χ0v) is 13.9. The van der Waals surface area contributed by atoms with Crippen molar-refractivity contribution in [2.75, 3.05) is 5.88 Å². The van der Waals surface area contributed by atoms with Crippen LogP contribution in [0.2, 0.25) is 0 Å². The molecule has 0 spiro atoms. The third-order valence-electron chi connectivity index (χ3n) is 5.33. The average Bonchev–Trinajstić information content (AvgIpc) is 3.12. The summed E-state index contributed by atoms with van der Waals surface area (Å²) in [6.07, 6.45) is 5.50. The number of benzene rings is 1. The summed E-state index contributed by atoms with van der Waals surface area (Å²) in [4.78, 5) is 3.95. The summed E-state index contributed by atoms with van der Waals surface area (Å²) in [6.45, 7) is 2.39. The molecule has 1 aromatic carbocycles. The standard InChI is InChI=1S/C17H21ClFN3O/c1-16(9-18)7-6-14(8-13-2-4-15(19)5-3-13)17(16,23)10-22-12-20-11-21-22/h2-5,11-12,14,23H,6-10H2,1H3/t14-,16-,17-/m1/s1.